The van der Waals surface area contributed by atoms with Gasteiger partial charge in [0.15, 0.2) is 0 Å². The Morgan fingerprint density at radius 3 is 2.41 bits per heavy atom. The van der Waals surface area contributed by atoms with Crippen molar-refractivity contribution in [2.75, 3.05) is 32.8 Å². The maximum absolute atomic E-state index is 13.4. The number of likely N-dealkylation sites (tertiary alicyclic amines) is 1. The number of halogens is 1. The molecule has 3 N–H and O–H groups in total. The Labute approximate surface area is 280 Å². The average Bonchev–Trinajstić information content (AvgIpc) is 3.57. The first-order valence-electron chi connectivity index (χ1n) is 16.9. The third-order valence-corrected chi connectivity index (χ3v) is 10.6. The maximum atomic E-state index is 13.4. The zero-order valence-electron chi connectivity index (χ0n) is 26.4. The first-order valence-corrected chi connectivity index (χ1v) is 17.6. The van der Waals surface area contributed by atoms with E-state index in [9.17, 15) is 14.4 Å². The van der Waals surface area contributed by atoms with Crippen LogP contribution in [0.15, 0.2) is 71.2 Å². The molecular weight excluding hydrogens is 644 g/mol. The molecule has 2 aliphatic heterocycles. The van der Waals surface area contributed by atoms with Gasteiger partial charge in [0.1, 0.15) is 5.54 Å². The van der Waals surface area contributed by atoms with E-state index in [1.54, 1.807) is 6.07 Å². The number of hydrogen-bond acceptors (Lipinski definition) is 5. The molecule has 3 aromatic carbocycles. The zero-order chi connectivity index (χ0) is 31.9. The first kappa shape index (κ1) is 32.7. The van der Waals surface area contributed by atoms with Crippen molar-refractivity contribution < 1.29 is 19.1 Å². The largest absolute Gasteiger partial charge is 0.381 e. The normalized spacial score (nSPS) is 21.9. The van der Waals surface area contributed by atoms with Crippen molar-refractivity contribution >= 4 is 44.4 Å². The van der Waals surface area contributed by atoms with Gasteiger partial charge in [-0.2, -0.15) is 0 Å². The molecule has 3 aliphatic rings. The monoisotopic (exact) mass is 688 g/mol. The number of amides is 3. The number of carbonyl (C=O) groups is 3. The van der Waals surface area contributed by atoms with Crippen molar-refractivity contribution in [1.29, 1.82) is 0 Å². The van der Waals surface area contributed by atoms with Crippen LogP contribution >= 0.6 is 15.9 Å². The van der Waals surface area contributed by atoms with Crippen LogP contribution in [0.3, 0.4) is 0 Å². The second-order valence-electron chi connectivity index (χ2n) is 13.2. The van der Waals surface area contributed by atoms with Gasteiger partial charge in [-0.15, -0.1) is 0 Å². The number of nitrogens with zero attached hydrogens (tertiary/aromatic N) is 1. The summed E-state index contributed by atoms with van der Waals surface area (Å²) in [4.78, 5) is 42.2. The second kappa shape index (κ2) is 15.1. The Hall–Kier alpha value is -3.27. The van der Waals surface area contributed by atoms with Gasteiger partial charge in [0.25, 0.3) is 5.91 Å². The predicted molar refractivity (Wildman–Crippen MR) is 183 cm³/mol. The third kappa shape index (κ3) is 7.81. The van der Waals surface area contributed by atoms with Crippen LogP contribution in [0.1, 0.15) is 79.8 Å². The van der Waals surface area contributed by atoms with Crippen LogP contribution in [0.2, 0.25) is 0 Å². The molecule has 6 rings (SSSR count). The Morgan fingerprint density at radius 2 is 1.63 bits per heavy atom. The third-order valence-electron chi connectivity index (χ3n) is 10.1. The summed E-state index contributed by atoms with van der Waals surface area (Å²) in [6.45, 7) is 3.55. The summed E-state index contributed by atoms with van der Waals surface area (Å²) in [7, 11) is 0. The topological polar surface area (TPSA) is 99.8 Å². The summed E-state index contributed by atoms with van der Waals surface area (Å²) in [5.74, 6) is -0.123. The number of ether oxygens (including phenoxy) is 1. The average molecular weight is 690 g/mol. The highest BCUT2D eigenvalue weighted by Gasteiger charge is 2.42. The highest BCUT2D eigenvalue weighted by atomic mass is 79.9. The van der Waals surface area contributed by atoms with Crippen LogP contribution in [0.5, 0.6) is 0 Å². The maximum Gasteiger partial charge on any atom is 0.252 e. The van der Waals surface area contributed by atoms with Crippen LogP contribution in [0.4, 0.5) is 0 Å². The van der Waals surface area contributed by atoms with Crippen LogP contribution in [0.25, 0.3) is 10.8 Å². The molecule has 2 unspecified atom stereocenters. The molecule has 1 aliphatic carbocycles. The quantitative estimate of drug-likeness (QED) is 0.246. The molecule has 244 valence electrons. The minimum absolute atomic E-state index is 0.0595. The van der Waals surface area contributed by atoms with Crippen LogP contribution in [-0.4, -0.2) is 67.1 Å². The van der Waals surface area contributed by atoms with Crippen LogP contribution in [-0.2, 0) is 14.3 Å². The highest BCUT2D eigenvalue weighted by molar-refractivity contribution is 9.10. The molecule has 0 radical (unpaired) electrons. The molecule has 0 aromatic heterocycles. The molecule has 2 saturated heterocycles. The van der Waals surface area contributed by atoms with E-state index in [1.165, 1.54) is 5.56 Å². The number of carbonyl (C=O) groups excluding carboxylic acids is 3. The molecule has 2 atom stereocenters. The molecule has 9 heteroatoms. The van der Waals surface area contributed by atoms with Crippen molar-refractivity contribution in [3.05, 3.63) is 82.3 Å². The molecule has 0 bridgehead atoms. The van der Waals surface area contributed by atoms with Gasteiger partial charge in [-0.25, -0.2) is 0 Å². The minimum atomic E-state index is -0.951. The fourth-order valence-electron chi connectivity index (χ4n) is 7.54. The fraction of sp³-hybridized carbons (Fsp3) is 0.486. The van der Waals surface area contributed by atoms with Gasteiger partial charge in [-0.05, 0) is 91.6 Å². The summed E-state index contributed by atoms with van der Waals surface area (Å²) in [5.41, 5.74) is 0.920. The Bertz CT molecular complexity index is 1520. The lowest BCUT2D eigenvalue weighted by atomic mass is 9.85. The van der Waals surface area contributed by atoms with Gasteiger partial charge < -0.3 is 20.7 Å². The summed E-state index contributed by atoms with van der Waals surface area (Å²) in [5, 5.41) is 11.2. The lowest BCUT2D eigenvalue weighted by Crippen LogP contribution is -2.57. The van der Waals surface area contributed by atoms with E-state index < -0.39 is 5.54 Å². The van der Waals surface area contributed by atoms with Crippen molar-refractivity contribution in [2.45, 2.75) is 75.4 Å². The van der Waals surface area contributed by atoms with E-state index >= 15 is 0 Å². The Kier molecular flexibility index (Phi) is 10.7. The second-order valence-corrected chi connectivity index (χ2v) is 14.1. The van der Waals surface area contributed by atoms with E-state index in [2.05, 4.69) is 67.1 Å². The number of nitrogens with one attached hydrogen (secondary N) is 3. The Balaban J connectivity index is 0.986. The van der Waals surface area contributed by atoms with Gasteiger partial charge >= 0.3 is 0 Å². The number of hydrogen-bond donors (Lipinski definition) is 3. The number of piperidine rings is 1. The lowest BCUT2D eigenvalue weighted by Gasteiger charge is -2.45. The Morgan fingerprint density at radius 1 is 0.891 bits per heavy atom. The fourth-order valence-corrected chi connectivity index (χ4v) is 7.92. The number of fused-ring (bicyclic) bond motifs is 1. The first-order chi connectivity index (χ1) is 22.4. The molecule has 3 aromatic rings. The van der Waals surface area contributed by atoms with E-state index in [-0.39, 0.29) is 30.7 Å². The van der Waals surface area contributed by atoms with Crippen molar-refractivity contribution in [3.63, 3.8) is 0 Å². The molecule has 3 amide bonds. The molecular formula is C37H45BrN4O4. The van der Waals surface area contributed by atoms with Crippen LogP contribution < -0.4 is 16.0 Å². The lowest BCUT2D eigenvalue weighted by molar-refractivity contribution is -0.127. The zero-order valence-corrected chi connectivity index (χ0v) is 28.0. The molecule has 46 heavy (non-hydrogen) atoms. The molecule has 8 nitrogen and oxygen atoms in total. The molecule has 3 fully saturated rings. The molecule has 2 heterocycles. The number of benzene rings is 3. The van der Waals surface area contributed by atoms with Crippen molar-refractivity contribution in [1.82, 2.24) is 20.9 Å². The smallest absolute Gasteiger partial charge is 0.252 e. The summed E-state index contributed by atoms with van der Waals surface area (Å²) >= 11 is 3.49. The summed E-state index contributed by atoms with van der Waals surface area (Å²) < 4.78 is 6.61. The van der Waals surface area contributed by atoms with Gasteiger partial charge in [0.2, 0.25) is 11.8 Å². The SMILES string of the molecule is O=C(CCNC(=O)C1(NC(=O)c2ccc3cc(Br)ccc3c2)CCCC1)NCC1CCN(C2CCOCC2)C(c2ccccc2)C1. The predicted octanol–water partition coefficient (Wildman–Crippen LogP) is 5.90. The standard InChI is InChI=1S/C37H45BrN4O4/c38-31-11-10-28-23-30(9-8-29(28)24-31)35(44)41-37(16-4-5-17-37)36(45)39-18-12-34(43)40-25-26-13-19-42(32-14-20-46-21-15-32)33(22-26)27-6-2-1-3-7-27/h1-3,6-11,23-24,26,32-33H,4-5,12-22,25H2,(H,39,45)(H,40,43)(H,41,44). The van der Waals surface area contributed by atoms with Gasteiger partial charge in [0.05, 0.1) is 0 Å². The summed E-state index contributed by atoms with van der Waals surface area (Å²) in [6.07, 6.45) is 7.34. The van der Waals surface area contributed by atoms with Gasteiger partial charge in [0, 0.05) is 54.8 Å². The van der Waals surface area contributed by atoms with E-state index in [1.807, 2.05) is 30.3 Å². The van der Waals surface area contributed by atoms with E-state index in [4.69, 9.17) is 4.74 Å². The summed E-state index contributed by atoms with van der Waals surface area (Å²) in [6, 6.07) is 23.1. The van der Waals surface area contributed by atoms with E-state index in [0.717, 1.165) is 73.5 Å². The minimum Gasteiger partial charge on any atom is -0.381 e. The van der Waals surface area contributed by atoms with Crippen LogP contribution in [0, 0.1) is 5.92 Å². The van der Waals surface area contributed by atoms with Gasteiger partial charge in [-0.1, -0.05) is 71.2 Å². The van der Waals surface area contributed by atoms with E-state index in [0.29, 0.717) is 43.0 Å². The molecule has 0 spiro atoms. The number of rotatable bonds is 10. The highest BCUT2D eigenvalue weighted by Crippen LogP contribution is 2.37. The van der Waals surface area contributed by atoms with Gasteiger partial charge in [-0.3, -0.25) is 19.3 Å². The molecule has 1 saturated carbocycles. The van der Waals surface area contributed by atoms with Crippen molar-refractivity contribution in [3.8, 4) is 0 Å². The van der Waals surface area contributed by atoms with Crippen molar-refractivity contribution in [2.24, 2.45) is 5.92 Å².